The molecule has 21 heavy (non-hydrogen) atoms. The summed E-state index contributed by atoms with van der Waals surface area (Å²) in [4.78, 5) is 24.2. The molecule has 6 nitrogen and oxygen atoms in total. The maximum Gasteiger partial charge on any atom is 0.305 e. The minimum Gasteiger partial charge on any atom is -0.481 e. The van der Waals surface area contributed by atoms with Crippen LogP contribution in [-0.2, 0) is 16.1 Å². The van der Waals surface area contributed by atoms with Gasteiger partial charge in [-0.3, -0.25) is 14.5 Å². The first-order valence-electron chi connectivity index (χ1n) is 6.43. The van der Waals surface area contributed by atoms with Crippen LogP contribution in [0.5, 0.6) is 0 Å². The molecule has 0 aromatic heterocycles. The molecule has 1 saturated heterocycles. The van der Waals surface area contributed by atoms with Crippen molar-refractivity contribution in [2.45, 2.75) is 19.0 Å². The van der Waals surface area contributed by atoms with Crippen LogP contribution in [0, 0.1) is 17.1 Å². The van der Waals surface area contributed by atoms with E-state index in [4.69, 9.17) is 10.4 Å². The summed E-state index contributed by atoms with van der Waals surface area (Å²) in [6.07, 6.45) is -0.330. The van der Waals surface area contributed by atoms with Crippen molar-refractivity contribution in [2.24, 2.45) is 0 Å². The van der Waals surface area contributed by atoms with Crippen molar-refractivity contribution in [3.8, 4) is 6.07 Å². The monoisotopic (exact) mass is 291 g/mol. The van der Waals surface area contributed by atoms with E-state index in [0.717, 1.165) is 6.07 Å². The Hall–Kier alpha value is -2.46. The summed E-state index contributed by atoms with van der Waals surface area (Å²) in [6, 6.07) is 5.14. The molecule has 1 aliphatic heterocycles. The lowest BCUT2D eigenvalue weighted by atomic mass is 10.1. The Bertz CT molecular complexity index is 612. The quantitative estimate of drug-likeness (QED) is 0.841. The highest BCUT2D eigenvalue weighted by molar-refractivity contribution is 5.86. The number of hydrogen-bond donors (Lipinski definition) is 2. The predicted molar refractivity (Wildman–Crippen MR) is 70.6 cm³/mol. The van der Waals surface area contributed by atoms with E-state index in [-0.39, 0.29) is 24.4 Å². The van der Waals surface area contributed by atoms with Crippen molar-refractivity contribution in [1.82, 2.24) is 10.2 Å². The number of carboxylic acid groups (broad SMARTS) is 1. The molecule has 1 unspecified atom stereocenters. The fourth-order valence-electron chi connectivity index (χ4n) is 2.30. The van der Waals surface area contributed by atoms with Crippen LogP contribution in [0.15, 0.2) is 18.2 Å². The smallest absolute Gasteiger partial charge is 0.305 e. The fourth-order valence-corrected chi connectivity index (χ4v) is 2.30. The molecular weight excluding hydrogens is 277 g/mol. The lowest BCUT2D eigenvalue weighted by Crippen LogP contribution is -2.55. The molecule has 1 aromatic rings. The normalized spacial score (nSPS) is 18.9. The van der Waals surface area contributed by atoms with Crippen LogP contribution >= 0.6 is 0 Å². The first-order chi connectivity index (χ1) is 10.0. The van der Waals surface area contributed by atoms with Crippen molar-refractivity contribution in [3.05, 3.63) is 35.1 Å². The lowest BCUT2D eigenvalue weighted by Gasteiger charge is -2.34. The molecule has 0 radical (unpaired) electrons. The summed E-state index contributed by atoms with van der Waals surface area (Å²) in [6.45, 7) is 0.971. The molecule has 0 aliphatic carbocycles. The summed E-state index contributed by atoms with van der Waals surface area (Å²) in [5, 5.41) is 20.2. The van der Waals surface area contributed by atoms with Gasteiger partial charge in [-0.2, -0.15) is 5.26 Å². The average molecular weight is 291 g/mol. The Kier molecular flexibility index (Phi) is 4.50. The van der Waals surface area contributed by atoms with Crippen LogP contribution in [-0.4, -0.2) is 41.0 Å². The first kappa shape index (κ1) is 14.9. The standard InChI is InChI=1S/C14H14FN3O3/c15-11-5-9(7-16)1-2-10(11)8-18-4-3-17-14(21)12(18)6-13(19)20/h1-2,5,12H,3-4,6,8H2,(H,17,21)(H,19,20). The number of carbonyl (C=O) groups is 2. The van der Waals surface area contributed by atoms with E-state index in [9.17, 15) is 14.0 Å². The van der Waals surface area contributed by atoms with Gasteiger partial charge in [0, 0.05) is 25.2 Å². The Balaban J connectivity index is 2.18. The second kappa shape index (κ2) is 6.33. The highest BCUT2D eigenvalue weighted by atomic mass is 19.1. The molecule has 0 saturated carbocycles. The van der Waals surface area contributed by atoms with Crippen LogP contribution in [0.3, 0.4) is 0 Å². The zero-order valence-corrected chi connectivity index (χ0v) is 11.2. The van der Waals surface area contributed by atoms with E-state index in [1.165, 1.54) is 12.1 Å². The Morgan fingerprint density at radius 3 is 2.95 bits per heavy atom. The molecule has 2 rings (SSSR count). The van der Waals surface area contributed by atoms with Crippen molar-refractivity contribution >= 4 is 11.9 Å². The van der Waals surface area contributed by atoms with Gasteiger partial charge in [0.1, 0.15) is 11.9 Å². The number of rotatable bonds is 4. The van der Waals surface area contributed by atoms with Gasteiger partial charge in [0.05, 0.1) is 18.1 Å². The van der Waals surface area contributed by atoms with E-state index in [1.54, 1.807) is 4.90 Å². The molecule has 1 fully saturated rings. The molecule has 0 bridgehead atoms. The second-order valence-corrected chi connectivity index (χ2v) is 4.79. The molecule has 7 heteroatoms. The van der Waals surface area contributed by atoms with Crippen LogP contribution in [0.1, 0.15) is 17.5 Å². The van der Waals surface area contributed by atoms with Gasteiger partial charge in [0.2, 0.25) is 5.91 Å². The Morgan fingerprint density at radius 2 is 2.33 bits per heavy atom. The number of carbonyl (C=O) groups excluding carboxylic acids is 1. The number of nitrogens with zero attached hydrogens (tertiary/aromatic N) is 2. The molecule has 2 N–H and O–H groups in total. The molecule has 1 aromatic carbocycles. The molecule has 110 valence electrons. The van der Waals surface area contributed by atoms with Gasteiger partial charge < -0.3 is 10.4 Å². The zero-order valence-electron chi connectivity index (χ0n) is 11.2. The third kappa shape index (κ3) is 3.55. The minimum atomic E-state index is -1.08. The van der Waals surface area contributed by atoms with Gasteiger partial charge in [-0.25, -0.2) is 4.39 Å². The van der Waals surface area contributed by atoms with Crippen LogP contribution in [0.4, 0.5) is 4.39 Å². The fraction of sp³-hybridized carbons (Fsp3) is 0.357. The maximum absolute atomic E-state index is 13.9. The molecule has 1 atom stereocenters. The van der Waals surface area contributed by atoms with Crippen molar-refractivity contribution in [1.29, 1.82) is 5.26 Å². The topological polar surface area (TPSA) is 93.4 Å². The highest BCUT2D eigenvalue weighted by Gasteiger charge is 2.31. The lowest BCUT2D eigenvalue weighted by molar-refractivity contribution is -0.143. The maximum atomic E-state index is 13.9. The van der Waals surface area contributed by atoms with Crippen LogP contribution < -0.4 is 5.32 Å². The van der Waals surface area contributed by atoms with Gasteiger partial charge in [0.15, 0.2) is 0 Å². The largest absolute Gasteiger partial charge is 0.481 e. The van der Waals surface area contributed by atoms with Gasteiger partial charge in [-0.1, -0.05) is 6.07 Å². The Labute approximate surface area is 120 Å². The van der Waals surface area contributed by atoms with E-state index in [0.29, 0.717) is 18.7 Å². The summed E-state index contributed by atoms with van der Waals surface area (Å²) < 4.78 is 13.9. The highest BCUT2D eigenvalue weighted by Crippen LogP contribution is 2.17. The molecular formula is C14H14FN3O3. The summed E-state index contributed by atoms with van der Waals surface area (Å²) >= 11 is 0. The second-order valence-electron chi connectivity index (χ2n) is 4.79. The first-order valence-corrected chi connectivity index (χ1v) is 6.43. The average Bonchev–Trinajstić information content (AvgIpc) is 2.44. The summed E-state index contributed by atoms with van der Waals surface area (Å²) in [5.74, 6) is -1.98. The van der Waals surface area contributed by atoms with Crippen molar-refractivity contribution in [2.75, 3.05) is 13.1 Å². The van der Waals surface area contributed by atoms with Gasteiger partial charge in [0.25, 0.3) is 0 Å². The van der Waals surface area contributed by atoms with E-state index in [2.05, 4.69) is 5.32 Å². The summed E-state index contributed by atoms with van der Waals surface area (Å²) in [5.41, 5.74) is 0.550. The van der Waals surface area contributed by atoms with E-state index >= 15 is 0 Å². The predicted octanol–water partition coefficient (Wildman–Crippen LogP) is 0.472. The van der Waals surface area contributed by atoms with Crippen LogP contribution in [0.2, 0.25) is 0 Å². The number of nitrogens with one attached hydrogen (secondary N) is 1. The van der Waals surface area contributed by atoms with Gasteiger partial charge >= 0.3 is 5.97 Å². The molecule has 1 heterocycles. The number of benzene rings is 1. The number of nitriles is 1. The van der Waals surface area contributed by atoms with Gasteiger partial charge in [-0.15, -0.1) is 0 Å². The molecule has 1 aliphatic rings. The third-order valence-corrected chi connectivity index (χ3v) is 3.37. The van der Waals surface area contributed by atoms with E-state index < -0.39 is 17.8 Å². The molecule has 0 spiro atoms. The Morgan fingerprint density at radius 1 is 1.57 bits per heavy atom. The van der Waals surface area contributed by atoms with Crippen LogP contribution in [0.25, 0.3) is 0 Å². The van der Waals surface area contributed by atoms with Gasteiger partial charge in [-0.05, 0) is 12.1 Å². The van der Waals surface area contributed by atoms with Crippen molar-refractivity contribution in [3.63, 3.8) is 0 Å². The minimum absolute atomic E-state index is 0.128. The zero-order chi connectivity index (χ0) is 15.4. The number of piperazine rings is 1. The number of amides is 1. The van der Waals surface area contributed by atoms with E-state index in [1.807, 2.05) is 6.07 Å². The third-order valence-electron chi connectivity index (χ3n) is 3.37. The summed E-state index contributed by atoms with van der Waals surface area (Å²) in [7, 11) is 0. The number of aliphatic carboxylic acids is 1. The number of carboxylic acids is 1. The molecule has 1 amide bonds. The number of halogens is 1. The SMILES string of the molecule is N#Cc1ccc(CN2CCNC(=O)C2CC(=O)O)c(F)c1. The number of hydrogen-bond acceptors (Lipinski definition) is 4. The van der Waals surface area contributed by atoms with Crippen molar-refractivity contribution < 1.29 is 19.1 Å².